The van der Waals surface area contributed by atoms with Crippen LogP contribution >= 0.6 is 31.9 Å². The highest BCUT2D eigenvalue weighted by Gasteiger charge is 2.08. The molecule has 1 N–H and O–H groups in total. The molecule has 0 saturated carbocycles. The number of nitrogens with one attached hydrogen (secondary N) is 1. The molecule has 140 valence electrons. The number of carbonyl (C=O) groups is 2. The first kappa shape index (κ1) is 20.0. The van der Waals surface area contributed by atoms with Crippen molar-refractivity contribution in [1.82, 2.24) is 5.43 Å². The van der Waals surface area contributed by atoms with E-state index < -0.39 is 5.97 Å². The lowest BCUT2D eigenvalue weighted by atomic mass is 10.2. The van der Waals surface area contributed by atoms with Gasteiger partial charge in [-0.25, -0.2) is 10.2 Å². The summed E-state index contributed by atoms with van der Waals surface area (Å²) in [6.07, 6.45) is 1.51. The lowest BCUT2D eigenvalue weighted by Crippen LogP contribution is -2.17. The number of carbonyl (C=O) groups excluding carboxylic acids is 2. The molecule has 0 aliphatic rings. The van der Waals surface area contributed by atoms with Gasteiger partial charge in [0.25, 0.3) is 5.91 Å². The van der Waals surface area contributed by atoms with Crippen LogP contribution in [0.1, 0.15) is 26.3 Å². The molecule has 5 nitrogen and oxygen atoms in total. The third-order valence-corrected chi connectivity index (χ3v) is 4.66. The van der Waals surface area contributed by atoms with E-state index in [1.807, 2.05) is 6.07 Å². The smallest absolute Gasteiger partial charge is 0.343 e. The molecule has 0 fully saturated rings. The summed E-state index contributed by atoms with van der Waals surface area (Å²) in [6, 6.07) is 20.7. The highest BCUT2D eigenvalue weighted by molar-refractivity contribution is 9.10. The summed E-state index contributed by atoms with van der Waals surface area (Å²) in [7, 11) is 0. The van der Waals surface area contributed by atoms with E-state index in [4.69, 9.17) is 4.74 Å². The first-order chi connectivity index (χ1) is 13.5. The Morgan fingerprint density at radius 3 is 2.25 bits per heavy atom. The van der Waals surface area contributed by atoms with Gasteiger partial charge in [-0.1, -0.05) is 37.9 Å². The Hall–Kier alpha value is -2.77. The summed E-state index contributed by atoms with van der Waals surface area (Å²) in [6.45, 7) is 0. The molecule has 0 aliphatic carbocycles. The van der Waals surface area contributed by atoms with E-state index in [1.54, 1.807) is 66.7 Å². The van der Waals surface area contributed by atoms with E-state index >= 15 is 0 Å². The van der Waals surface area contributed by atoms with Gasteiger partial charge in [-0.2, -0.15) is 5.10 Å². The lowest BCUT2D eigenvalue weighted by molar-refractivity contribution is 0.0734. The molecule has 7 heteroatoms. The van der Waals surface area contributed by atoms with Gasteiger partial charge >= 0.3 is 5.97 Å². The van der Waals surface area contributed by atoms with Gasteiger partial charge in [-0.3, -0.25) is 4.79 Å². The quantitative estimate of drug-likeness (QED) is 0.226. The Morgan fingerprint density at radius 1 is 0.857 bits per heavy atom. The minimum Gasteiger partial charge on any atom is -0.423 e. The number of esters is 1. The Labute approximate surface area is 178 Å². The molecule has 0 saturated heterocycles. The Kier molecular flexibility index (Phi) is 6.73. The average molecular weight is 502 g/mol. The molecule has 3 aromatic rings. The maximum absolute atomic E-state index is 12.1. The molecular weight excluding hydrogens is 488 g/mol. The van der Waals surface area contributed by atoms with Gasteiger partial charge in [0.05, 0.1) is 11.8 Å². The van der Waals surface area contributed by atoms with Crippen LogP contribution in [0.3, 0.4) is 0 Å². The normalized spacial score (nSPS) is 10.6. The van der Waals surface area contributed by atoms with Crippen LogP contribution in [0.15, 0.2) is 86.8 Å². The van der Waals surface area contributed by atoms with Gasteiger partial charge in [-0.15, -0.1) is 0 Å². The number of rotatable bonds is 5. The standard InChI is InChI=1S/C21H14Br2N2O3/c22-17-8-6-15(7-9-17)21(27)28-19-10-4-14(5-11-19)13-24-25-20(26)16-2-1-3-18(23)12-16/h1-13H,(H,25,26). The molecule has 3 aromatic carbocycles. The van der Waals surface area contributed by atoms with Crippen molar-refractivity contribution in [3.05, 3.63) is 98.4 Å². The van der Waals surface area contributed by atoms with Crippen molar-refractivity contribution in [3.8, 4) is 5.75 Å². The van der Waals surface area contributed by atoms with Crippen LogP contribution in [0.25, 0.3) is 0 Å². The van der Waals surface area contributed by atoms with E-state index in [-0.39, 0.29) is 5.91 Å². The van der Waals surface area contributed by atoms with Crippen LogP contribution in [-0.4, -0.2) is 18.1 Å². The molecule has 28 heavy (non-hydrogen) atoms. The fourth-order valence-electron chi connectivity index (χ4n) is 2.23. The van der Waals surface area contributed by atoms with Gasteiger partial charge < -0.3 is 4.74 Å². The highest BCUT2D eigenvalue weighted by atomic mass is 79.9. The third kappa shape index (κ3) is 5.61. The number of amides is 1. The molecule has 1 amide bonds. The maximum Gasteiger partial charge on any atom is 0.343 e. The van der Waals surface area contributed by atoms with Crippen LogP contribution in [0.5, 0.6) is 5.75 Å². The summed E-state index contributed by atoms with van der Waals surface area (Å²) in [5, 5.41) is 3.94. The van der Waals surface area contributed by atoms with Gasteiger partial charge in [0.2, 0.25) is 0 Å². The van der Waals surface area contributed by atoms with E-state index in [0.29, 0.717) is 16.9 Å². The second-order valence-electron chi connectivity index (χ2n) is 5.67. The van der Waals surface area contributed by atoms with E-state index in [1.165, 1.54) is 6.21 Å². The van der Waals surface area contributed by atoms with E-state index in [9.17, 15) is 9.59 Å². The van der Waals surface area contributed by atoms with Gasteiger partial charge in [0.15, 0.2) is 0 Å². The molecule has 3 rings (SSSR count). The molecule has 0 bridgehead atoms. The van der Waals surface area contributed by atoms with Crippen LogP contribution < -0.4 is 10.2 Å². The number of hydrazone groups is 1. The molecule has 0 radical (unpaired) electrons. The summed E-state index contributed by atoms with van der Waals surface area (Å²) < 4.78 is 7.04. The van der Waals surface area contributed by atoms with E-state index in [2.05, 4.69) is 42.4 Å². The number of halogens is 2. The van der Waals surface area contributed by atoms with Crippen LogP contribution in [-0.2, 0) is 0 Å². The first-order valence-corrected chi connectivity index (χ1v) is 9.77. The van der Waals surface area contributed by atoms with Crippen LogP contribution in [0, 0.1) is 0 Å². The average Bonchev–Trinajstić information content (AvgIpc) is 2.69. The predicted molar refractivity (Wildman–Crippen MR) is 115 cm³/mol. The fourth-order valence-corrected chi connectivity index (χ4v) is 2.90. The SMILES string of the molecule is O=C(NN=Cc1ccc(OC(=O)c2ccc(Br)cc2)cc1)c1cccc(Br)c1. The van der Waals surface area contributed by atoms with E-state index in [0.717, 1.165) is 14.5 Å². The van der Waals surface area contributed by atoms with Crippen molar-refractivity contribution < 1.29 is 14.3 Å². The Bertz CT molecular complexity index is 1020. The number of nitrogens with zero attached hydrogens (tertiary/aromatic N) is 1. The molecular formula is C21H14Br2N2O3. The van der Waals surface area contributed by atoms with Crippen molar-refractivity contribution in [2.45, 2.75) is 0 Å². The second kappa shape index (κ2) is 9.43. The molecule has 0 aliphatic heterocycles. The van der Waals surface area contributed by atoms with Crippen LogP contribution in [0.4, 0.5) is 0 Å². The van der Waals surface area contributed by atoms with Gasteiger partial charge in [0, 0.05) is 14.5 Å². The Morgan fingerprint density at radius 2 is 1.57 bits per heavy atom. The Balaban J connectivity index is 1.56. The van der Waals surface area contributed by atoms with Crippen molar-refractivity contribution >= 4 is 50.0 Å². The summed E-state index contributed by atoms with van der Waals surface area (Å²) in [4.78, 5) is 24.1. The zero-order chi connectivity index (χ0) is 19.9. The number of benzene rings is 3. The highest BCUT2D eigenvalue weighted by Crippen LogP contribution is 2.16. The maximum atomic E-state index is 12.1. The molecule has 0 unspecified atom stereocenters. The fraction of sp³-hybridized carbons (Fsp3) is 0. The largest absolute Gasteiger partial charge is 0.423 e. The molecule has 0 atom stereocenters. The lowest BCUT2D eigenvalue weighted by Gasteiger charge is -2.05. The number of hydrogen-bond donors (Lipinski definition) is 1. The second-order valence-corrected chi connectivity index (χ2v) is 7.51. The predicted octanol–water partition coefficient (Wildman–Crippen LogP) is 5.19. The minimum absolute atomic E-state index is 0.308. The monoisotopic (exact) mass is 500 g/mol. The first-order valence-electron chi connectivity index (χ1n) is 8.18. The van der Waals surface area contributed by atoms with Crippen LogP contribution in [0.2, 0.25) is 0 Å². The van der Waals surface area contributed by atoms with Gasteiger partial charge in [0.1, 0.15) is 5.75 Å². The molecule has 0 aromatic heterocycles. The van der Waals surface area contributed by atoms with Crippen molar-refractivity contribution in [2.24, 2.45) is 5.10 Å². The van der Waals surface area contributed by atoms with Crippen molar-refractivity contribution in [2.75, 3.05) is 0 Å². The van der Waals surface area contributed by atoms with Crippen molar-refractivity contribution in [1.29, 1.82) is 0 Å². The third-order valence-electron chi connectivity index (χ3n) is 3.64. The zero-order valence-electron chi connectivity index (χ0n) is 14.4. The summed E-state index contributed by atoms with van der Waals surface area (Å²) >= 11 is 6.64. The number of ether oxygens (including phenoxy) is 1. The number of hydrogen-bond acceptors (Lipinski definition) is 4. The van der Waals surface area contributed by atoms with Crippen molar-refractivity contribution in [3.63, 3.8) is 0 Å². The molecule has 0 heterocycles. The molecule has 0 spiro atoms. The zero-order valence-corrected chi connectivity index (χ0v) is 17.6. The summed E-state index contributed by atoms with van der Waals surface area (Å²) in [5.74, 6) is -0.323. The topological polar surface area (TPSA) is 67.8 Å². The minimum atomic E-state index is -0.435. The van der Waals surface area contributed by atoms with Gasteiger partial charge in [-0.05, 0) is 72.3 Å². The summed E-state index contributed by atoms with van der Waals surface area (Å²) in [5.41, 5.74) is 4.18.